The van der Waals surface area contributed by atoms with Crippen LogP contribution < -0.4 is 9.62 Å². The van der Waals surface area contributed by atoms with Crippen LogP contribution in [0.2, 0.25) is 10.0 Å². The van der Waals surface area contributed by atoms with E-state index in [1.165, 1.54) is 23.1 Å². The summed E-state index contributed by atoms with van der Waals surface area (Å²) < 4.78 is 40.8. The van der Waals surface area contributed by atoms with E-state index in [9.17, 15) is 22.4 Å². The number of hydrogen-bond acceptors (Lipinski definition) is 4. The van der Waals surface area contributed by atoms with Crippen LogP contribution in [0.4, 0.5) is 10.1 Å². The Hall–Kier alpha value is -3.14. The van der Waals surface area contributed by atoms with Gasteiger partial charge in [-0.2, -0.15) is 0 Å². The van der Waals surface area contributed by atoms with E-state index in [1.54, 1.807) is 32.0 Å². The van der Waals surface area contributed by atoms with Crippen molar-refractivity contribution in [3.05, 3.63) is 99.8 Å². The predicted molar refractivity (Wildman–Crippen MR) is 153 cm³/mol. The molecule has 0 unspecified atom stereocenters. The molecule has 0 aliphatic heterocycles. The third kappa shape index (κ3) is 8.17. The number of hydrogen-bond donors (Lipinski definition) is 1. The third-order valence-electron chi connectivity index (χ3n) is 5.89. The van der Waals surface area contributed by atoms with E-state index in [0.29, 0.717) is 9.87 Å². The molecule has 3 rings (SSSR count). The zero-order valence-corrected chi connectivity index (χ0v) is 24.1. The second kappa shape index (κ2) is 13.3. The first-order valence-corrected chi connectivity index (χ1v) is 14.8. The zero-order valence-electron chi connectivity index (χ0n) is 21.8. The molecule has 0 fully saturated rings. The summed E-state index contributed by atoms with van der Waals surface area (Å²) in [5, 5.41) is 3.40. The Kier molecular flexibility index (Phi) is 10.4. The van der Waals surface area contributed by atoms with Crippen LogP contribution in [0, 0.1) is 5.82 Å². The lowest BCUT2D eigenvalue weighted by atomic mass is 10.0. The van der Waals surface area contributed by atoms with Crippen molar-refractivity contribution in [2.75, 3.05) is 17.1 Å². The molecule has 0 aliphatic rings. The summed E-state index contributed by atoms with van der Waals surface area (Å²) in [5.41, 5.74) is 0.884. The number of nitrogens with one attached hydrogen (secondary N) is 1. The van der Waals surface area contributed by atoms with Crippen LogP contribution in [0.3, 0.4) is 0 Å². The first-order valence-electron chi connectivity index (χ1n) is 12.2. The van der Waals surface area contributed by atoms with Crippen LogP contribution in [0.25, 0.3) is 0 Å². The van der Waals surface area contributed by atoms with Crippen LogP contribution in [0.1, 0.15) is 25.0 Å². The number of rotatable bonds is 11. The molecule has 0 aromatic heterocycles. The molecule has 2 amide bonds. The molecule has 7 nitrogen and oxygen atoms in total. The minimum Gasteiger partial charge on any atom is -0.352 e. The summed E-state index contributed by atoms with van der Waals surface area (Å²) in [7, 11) is -4.09. The van der Waals surface area contributed by atoms with Gasteiger partial charge in [-0.1, -0.05) is 71.7 Å². The van der Waals surface area contributed by atoms with Gasteiger partial charge < -0.3 is 10.2 Å². The summed E-state index contributed by atoms with van der Waals surface area (Å²) in [4.78, 5) is 28.7. The van der Waals surface area contributed by atoms with Gasteiger partial charge in [-0.15, -0.1) is 0 Å². The number of sulfonamides is 1. The van der Waals surface area contributed by atoms with Gasteiger partial charge in [0.25, 0.3) is 0 Å². The molecule has 11 heteroatoms. The van der Waals surface area contributed by atoms with Crippen molar-refractivity contribution in [2.45, 2.75) is 38.9 Å². The van der Waals surface area contributed by atoms with E-state index >= 15 is 0 Å². The largest absolute Gasteiger partial charge is 0.352 e. The number of amides is 2. The minimum absolute atomic E-state index is 0.131. The summed E-state index contributed by atoms with van der Waals surface area (Å²) in [5.74, 6) is -1.99. The van der Waals surface area contributed by atoms with Crippen LogP contribution in [-0.4, -0.2) is 50.0 Å². The molecule has 0 heterocycles. The first kappa shape index (κ1) is 30.4. The third-order valence-corrected chi connectivity index (χ3v) is 7.73. The van der Waals surface area contributed by atoms with Gasteiger partial charge in [0, 0.05) is 34.6 Å². The van der Waals surface area contributed by atoms with E-state index in [2.05, 4.69) is 5.32 Å². The number of carbonyl (C=O) groups excluding carboxylic acids is 2. The molecule has 0 spiro atoms. The lowest BCUT2D eigenvalue weighted by molar-refractivity contribution is -0.140. The number of carbonyl (C=O) groups is 2. The van der Waals surface area contributed by atoms with Gasteiger partial charge in [0.1, 0.15) is 18.4 Å². The fourth-order valence-electron chi connectivity index (χ4n) is 4.04. The molecular weight excluding hydrogens is 564 g/mol. The normalized spacial score (nSPS) is 12.2. The van der Waals surface area contributed by atoms with E-state index in [4.69, 9.17) is 23.2 Å². The molecule has 0 saturated heterocycles. The lowest BCUT2D eigenvalue weighted by Crippen LogP contribution is -2.54. The van der Waals surface area contributed by atoms with Gasteiger partial charge in [-0.25, -0.2) is 12.8 Å². The standard InChI is InChI=1S/C28H30Cl2FN3O4S/c1-19(2)32-28(36)26(16-20-10-5-4-6-11-20)33(17-21-22(29)12-9-13-23(21)30)27(35)18-34(39(3,37)38)25-15-8-7-14-24(25)31/h4-15,19,26H,16-18H2,1-3H3,(H,32,36)/t26-/m0/s1. The van der Waals surface area contributed by atoms with Crippen LogP contribution in [-0.2, 0) is 32.6 Å². The Morgan fingerprint density at radius 3 is 2.08 bits per heavy atom. The lowest BCUT2D eigenvalue weighted by Gasteiger charge is -2.34. The Bertz CT molecular complexity index is 1400. The van der Waals surface area contributed by atoms with E-state index in [1.807, 2.05) is 30.3 Å². The Morgan fingerprint density at radius 2 is 1.51 bits per heavy atom. The van der Waals surface area contributed by atoms with Crippen molar-refractivity contribution in [3.8, 4) is 0 Å². The van der Waals surface area contributed by atoms with Gasteiger partial charge in [-0.3, -0.25) is 13.9 Å². The van der Waals surface area contributed by atoms with Gasteiger partial charge in [0.2, 0.25) is 21.8 Å². The number of benzene rings is 3. The van der Waals surface area contributed by atoms with Crippen molar-refractivity contribution in [3.63, 3.8) is 0 Å². The molecule has 39 heavy (non-hydrogen) atoms. The summed E-state index contributed by atoms with van der Waals surface area (Å²) in [6.07, 6.45) is 1.01. The average Bonchev–Trinajstić information content (AvgIpc) is 2.86. The molecule has 208 valence electrons. The monoisotopic (exact) mass is 593 g/mol. The summed E-state index contributed by atoms with van der Waals surface area (Å²) in [6.45, 7) is 2.65. The molecule has 3 aromatic carbocycles. The highest BCUT2D eigenvalue weighted by Gasteiger charge is 2.34. The maximum atomic E-state index is 14.7. The predicted octanol–water partition coefficient (Wildman–Crippen LogP) is 5.06. The number of halogens is 3. The molecular formula is C28H30Cl2FN3O4S. The molecule has 0 bridgehead atoms. The van der Waals surface area contributed by atoms with Crippen LogP contribution in [0.15, 0.2) is 72.8 Å². The highest BCUT2D eigenvalue weighted by molar-refractivity contribution is 7.92. The smallest absolute Gasteiger partial charge is 0.244 e. The summed E-state index contributed by atoms with van der Waals surface area (Å²) >= 11 is 12.8. The highest BCUT2D eigenvalue weighted by atomic mass is 35.5. The highest BCUT2D eigenvalue weighted by Crippen LogP contribution is 2.28. The maximum absolute atomic E-state index is 14.7. The molecule has 1 atom stereocenters. The number of para-hydroxylation sites is 1. The molecule has 1 N–H and O–H groups in total. The Balaban J connectivity index is 2.11. The minimum atomic E-state index is -4.09. The zero-order chi connectivity index (χ0) is 28.7. The molecule has 0 saturated carbocycles. The first-order chi connectivity index (χ1) is 18.4. The van der Waals surface area contributed by atoms with Gasteiger partial charge in [0.15, 0.2) is 0 Å². The average molecular weight is 595 g/mol. The number of nitrogens with zero attached hydrogens (tertiary/aromatic N) is 2. The van der Waals surface area contributed by atoms with Gasteiger partial charge >= 0.3 is 0 Å². The van der Waals surface area contributed by atoms with E-state index in [-0.39, 0.29) is 34.7 Å². The Labute approximate surface area is 238 Å². The van der Waals surface area contributed by atoms with E-state index < -0.39 is 40.2 Å². The van der Waals surface area contributed by atoms with Gasteiger partial charge in [0.05, 0.1) is 11.9 Å². The topological polar surface area (TPSA) is 86.8 Å². The van der Waals surface area contributed by atoms with Crippen molar-refractivity contribution >= 4 is 50.7 Å². The second-order valence-corrected chi connectivity index (χ2v) is 12.0. The summed E-state index contributed by atoms with van der Waals surface area (Å²) in [6, 6.07) is 17.9. The van der Waals surface area contributed by atoms with E-state index in [0.717, 1.165) is 17.9 Å². The quantitative estimate of drug-likeness (QED) is 0.336. The van der Waals surface area contributed by atoms with Crippen LogP contribution >= 0.6 is 23.2 Å². The Morgan fingerprint density at radius 1 is 0.923 bits per heavy atom. The van der Waals surface area contributed by atoms with Crippen LogP contribution in [0.5, 0.6) is 0 Å². The van der Waals surface area contributed by atoms with Crippen molar-refractivity contribution < 1.29 is 22.4 Å². The molecule has 0 aliphatic carbocycles. The SMILES string of the molecule is CC(C)NC(=O)[C@H](Cc1ccccc1)N(Cc1c(Cl)cccc1Cl)C(=O)CN(c1ccccc1F)S(C)(=O)=O. The maximum Gasteiger partial charge on any atom is 0.244 e. The molecule has 0 radical (unpaired) electrons. The van der Waals surface area contributed by atoms with Crippen molar-refractivity contribution in [1.82, 2.24) is 10.2 Å². The second-order valence-electron chi connectivity index (χ2n) is 9.31. The fraction of sp³-hybridized carbons (Fsp3) is 0.286. The van der Waals surface area contributed by atoms with Gasteiger partial charge in [-0.05, 0) is 43.7 Å². The van der Waals surface area contributed by atoms with Crippen molar-refractivity contribution in [1.29, 1.82) is 0 Å². The van der Waals surface area contributed by atoms with Crippen molar-refractivity contribution in [2.24, 2.45) is 0 Å². The number of anilines is 1. The molecule has 3 aromatic rings. The fourth-order valence-corrected chi connectivity index (χ4v) is 5.40.